The van der Waals surface area contributed by atoms with Gasteiger partial charge in [-0.3, -0.25) is 0 Å². The predicted octanol–water partition coefficient (Wildman–Crippen LogP) is 4.49. The predicted molar refractivity (Wildman–Crippen MR) is 73.8 cm³/mol. The number of hydrogen-bond donors (Lipinski definition) is 0. The van der Waals surface area contributed by atoms with Crippen molar-refractivity contribution >= 4 is 15.2 Å². The Hall–Kier alpha value is -0.0862. The largest absolute Gasteiger partial charge is 0.107 e. The van der Waals surface area contributed by atoms with Gasteiger partial charge >= 0.3 is 0 Å². The van der Waals surface area contributed by atoms with E-state index in [1.54, 1.807) is 0 Å². The third-order valence-corrected chi connectivity index (χ3v) is 24.4. The van der Waals surface area contributed by atoms with Gasteiger partial charge in [0, 0.05) is 0 Å². The summed E-state index contributed by atoms with van der Waals surface area (Å²) in [5, 5.41) is 0. The van der Waals surface area contributed by atoms with Crippen LogP contribution in [0.2, 0.25) is 24.2 Å². The molecule has 0 saturated carbocycles. The molecule has 0 aliphatic carbocycles. The highest BCUT2D eigenvalue weighted by atomic mass is 29.3. The van der Waals surface area contributed by atoms with Gasteiger partial charge in [-0.2, -0.15) is 0 Å². The fraction of sp³-hybridized carbons (Fsp3) is 0.667. The Morgan fingerprint density at radius 3 is 1.21 bits per heavy atom. The standard InChI is InChI=1S/C12H26Si2/c1-7-13(8-2,9-3)14(10-4,11-5)12-6/h7-8H,1-2,9-12H2,3-6H3. The maximum absolute atomic E-state index is 4.11. The van der Waals surface area contributed by atoms with Crippen LogP contribution in [-0.2, 0) is 0 Å². The Labute approximate surface area is 91.9 Å². The molecule has 0 N–H and O–H groups in total. The molecule has 0 heterocycles. The molecule has 0 amide bonds. The number of hydrogen-bond acceptors (Lipinski definition) is 0. The molecule has 0 rings (SSSR count). The molecule has 0 aromatic carbocycles. The lowest BCUT2D eigenvalue weighted by Gasteiger charge is -2.43. The highest BCUT2D eigenvalue weighted by Gasteiger charge is 2.45. The monoisotopic (exact) mass is 226 g/mol. The first-order valence-corrected chi connectivity index (χ1v) is 11.9. The van der Waals surface area contributed by atoms with Gasteiger partial charge in [0.2, 0.25) is 0 Å². The van der Waals surface area contributed by atoms with E-state index in [4.69, 9.17) is 0 Å². The minimum Gasteiger partial charge on any atom is -0.107 e. The Kier molecular flexibility index (Phi) is 5.68. The average Bonchev–Trinajstić information content (AvgIpc) is 2.27. The molecular weight excluding hydrogens is 200 g/mol. The normalized spacial score (nSPS) is 12.6. The molecule has 0 aliphatic rings. The minimum absolute atomic E-state index is 1.09. The topological polar surface area (TPSA) is 0 Å². The summed E-state index contributed by atoms with van der Waals surface area (Å²) < 4.78 is 0. The Morgan fingerprint density at radius 2 is 1.14 bits per heavy atom. The van der Waals surface area contributed by atoms with Crippen molar-refractivity contribution in [3.8, 4) is 0 Å². The zero-order valence-corrected chi connectivity index (χ0v) is 12.4. The molecule has 0 saturated heterocycles. The van der Waals surface area contributed by atoms with Gasteiger partial charge in [-0.25, -0.2) is 0 Å². The zero-order chi connectivity index (χ0) is 11.2. The van der Waals surface area contributed by atoms with Crippen molar-refractivity contribution in [2.45, 2.75) is 51.9 Å². The maximum atomic E-state index is 4.11. The fourth-order valence-corrected chi connectivity index (χ4v) is 19.5. The van der Waals surface area contributed by atoms with Crippen LogP contribution in [0.15, 0.2) is 24.6 Å². The Morgan fingerprint density at radius 1 is 0.786 bits per heavy atom. The summed E-state index contributed by atoms with van der Waals surface area (Å²) in [6.45, 7) is 17.7. The first-order valence-electron chi connectivity index (χ1n) is 5.89. The molecule has 82 valence electrons. The molecule has 0 aromatic rings. The molecule has 14 heavy (non-hydrogen) atoms. The summed E-state index contributed by atoms with van der Waals surface area (Å²) in [5.74, 6) is 0. The summed E-state index contributed by atoms with van der Waals surface area (Å²) in [4.78, 5) is 0. The van der Waals surface area contributed by atoms with E-state index in [9.17, 15) is 0 Å². The lowest BCUT2D eigenvalue weighted by atomic mass is 10.9. The third-order valence-electron chi connectivity index (χ3n) is 4.33. The van der Waals surface area contributed by atoms with Crippen LogP contribution < -0.4 is 0 Å². The van der Waals surface area contributed by atoms with Crippen molar-refractivity contribution in [1.29, 1.82) is 0 Å². The van der Waals surface area contributed by atoms with Crippen LogP contribution in [0.3, 0.4) is 0 Å². The van der Waals surface area contributed by atoms with Crippen molar-refractivity contribution in [1.82, 2.24) is 0 Å². The summed E-state index contributed by atoms with van der Waals surface area (Å²) in [5.41, 5.74) is 4.62. The van der Waals surface area contributed by atoms with E-state index in [1.165, 1.54) is 24.2 Å². The molecule has 0 bridgehead atoms. The second-order valence-electron chi connectivity index (χ2n) is 4.14. The molecule has 2 heteroatoms. The molecule has 0 aliphatic heterocycles. The maximum Gasteiger partial charge on any atom is 0.0924 e. The van der Waals surface area contributed by atoms with Gasteiger partial charge in [0.1, 0.15) is 0 Å². The van der Waals surface area contributed by atoms with Crippen LogP contribution in [0.1, 0.15) is 27.7 Å². The van der Waals surface area contributed by atoms with Crippen LogP contribution in [-0.4, -0.2) is 15.2 Å². The van der Waals surface area contributed by atoms with Gasteiger partial charge in [0.25, 0.3) is 0 Å². The summed E-state index contributed by atoms with van der Waals surface area (Å²) in [6, 6.07) is 5.51. The van der Waals surface area contributed by atoms with Gasteiger partial charge in [-0.15, -0.1) is 13.2 Å². The molecule has 0 atom stereocenters. The second kappa shape index (κ2) is 5.71. The van der Waals surface area contributed by atoms with Crippen LogP contribution >= 0.6 is 0 Å². The molecule has 0 spiro atoms. The quantitative estimate of drug-likeness (QED) is 0.561. The Balaban J connectivity index is 5.29. The van der Waals surface area contributed by atoms with E-state index in [2.05, 4.69) is 52.3 Å². The van der Waals surface area contributed by atoms with Crippen molar-refractivity contribution in [3.05, 3.63) is 24.6 Å². The molecule has 0 radical (unpaired) electrons. The van der Waals surface area contributed by atoms with E-state index in [-0.39, 0.29) is 0 Å². The zero-order valence-electron chi connectivity index (χ0n) is 10.4. The second-order valence-corrected chi connectivity index (χ2v) is 18.4. The van der Waals surface area contributed by atoms with Crippen molar-refractivity contribution in [2.24, 2.45) is 0 Å². The van der Waals surface area contributed by atoms with Gasteiger partial charge < -0.3 is 0 Å². The molecule has 0 aromatic heterocycles. The first-order chi connectivity index (χ1) is 6.61. The van der Waals surface area contributed by atoms with E-state index < -0.39 is 15.2 Å². The van der Waals surface area contributed by atoms with Gasteiger partial charge in [0.05, 0.1) is 15.2 Å². The highest BCUT2D eigenvalue weighted by molar-refractivity contribution is 7.46. The lowest BCUT2D eigenvalue weighted by molar-refractivity contribution is 1.20. The van der Waals surface area contributed by atoms with Gasteiger partial charge in [0.15, 0.2) is 0 Å². The summed E-state index contributed by atoms with van der Waals surface area (Å²) >= 11 is 0. The van der Waals surface area contributed by atoms with Crippen LogP contribution in [0, 0.1) is 0 Å². The van der Waals surface area contributed by atoms with Gasteiger partial charge in [-0.05, 0) is 0 Å². The smallest absolute Gasteiger partial charge is 0.0924 e. The summed E-state index contributed by atoms with van der Waals surface area (Å²) in [6.07, 6.45) is 0. The van der Waals surface area contributed by atoms with E-state index in [1.807, 2.05) is 0 Å². The third kappa shape index (κ3) is 1.96. The van der Waals surface area contributed by atoms with Gasteiger partial charge in [-0.1, -0.05) is 63.3 Å². The van der Waals surface area contributed by atoms with Crippen LogP contribution in [0.5, 0.6) is 0 Å². The van der Waals surface area contributed by atoms with Crippen molar-refractivity contribution in [2.75, 3.05) is 0 Å². The minimum atomic E-state index is -1.33. The fourth-order valence-electron chi connectivity index (χ4n) is 2.92. The molecule has 0 unspecified atom stereocenters. The SMILES string of the molecule is C=C[Si](C=C)(CC)[Si](CC)(CC)CC. The average molecular weight is 227 g/mol. The van der Waals surface area contributed by atoms with E-state index in [0.717, 1.165) is 0 Å². The highest BCUT2D eigenvalue weighted by Crippen LogP contribution is 2.34. The lowest BCUT2D eigenvalue weighted by Crippen LogP contribution is -2.59. The first kappa shape index (κ1) is 13.9. The number of rotatable bonds is 7. The van der Waals surface area contributed by atoms with Crippen LogP contribution in [0.25, 0.3) is 0 Å². The van der Waals surface area contributed by atoms with Crippen molar-refractivity contribution < 1.29 is 0 Å². The van der Waals surface area contributed by atoms with E-state index in [0.29, 0.717) is 0 Å². The van der Waals surface area contributed by atoms with E-state index >= 15 is 0 Å². The molecule has 0 nitrogen and oxygen atoms in total. The Bertz CT molecular complexity index is 176. The molecule has 0 fully saturated rings. The summed E-state index contributed by atoms with van der Waals surface area (Å²) in [7, 11) is -2.42. The van der Waals surface area contributed by atoms with Crippen molar-refractivity contribution in [3.63, 3.8) is 0 Å². The van der Waals surface area contributed by atoms with Crippen LogP contribution in [0.4, 0.5) is 0 Å². The molecular formula is C12H26Si2.